The zero-order valence-electron chi connectivity index (χ0n) is 14.2. The van der Waals surface area contributed by atoms with Crippen molar-refractivity contribution >= 4 is 52.2 Å². The third-order valence-electron chi connectivity index (χ3n) is 3.99. The summed E-state index contributed by atoms with van der Waals surface area (Å²) in [5.41, 5.74) is 1.66. The van der Waals surface area contributed by atoms with Gasteiger partial charge in [-0.2, -0.15) is 0 Å². The Labute approximate surface area is 169 Å². The van der Waals surface area contributed by atoms with Gasteiger partial charge in [0.1, 0.15) is 0 Å². The third-order valence-corrected chi connectivity index (χ3v) is 6.27. The zero-order chi connectivity index (χ0) is 19.0. The molecule has 0 radical (unpaired) electrons. The summed E-state index contributed by atoms with van der Waals surface area (Å²) in [5.74, 6) is -0.418. The minimum absolute atomic E-state index is 0.201. The largest absolute Gasteiger partial charge is 0.347 e. The zero-order valence-corrected chi connectivity index (χ0v) is 16.6. The fourth-order valence-electron chi connectivity index (χ4n) is 2.69. The van der Waals surface area contributed by atoms with Gasteiger partial charge in [0.2, 0.25) is 0 Å². The third kappa shape index (κ3) is 3.85. The Morgan fingerprint density at radius 3 is 2.85 bits per heavy atom. The van der Waals surface area contributed by atoms with Crippen molar-refractivity contribution in [2.24, 2.45) is 0 Å². The number of halogens is 1. The molecule has 0 fully saturated rings. The summed E-state index contributed by atoms with van der Waals surface area (Å²) in [6.45, 7) is 2.35. The molecule has 0 aliphatic carbocycles. The molecule has 136 valence electrons. The number of thiazole rings is 1. The van der Waals surface area contributed by atoms with E-state index in [4.69, 9.17) is 11.6 Å². The van der Waals surface area contributed by atoms with E-state index in [0.29, 0.717) is 28.4 Å². The van der Waals surface area contributed by atoms with Crippen LogP contribution in [0, 0.1) is 6.92 Å². The van der Waals surface area contributed by atoms with Crippen LogP contribution in [-0.2, 0) is 6.54 Å². The summed E-state index contributed by atoms with van der Waals surface area (Å²) >= 11 is 9.05. The number of anilines is 1. The van der Waals surface area contributed by atoms with Gasteiger partial charge in [-0.15, -0.1) is 11.3 Å². The molecule has 3 aromatic rings. The second-order valence-electron chi connectivity index (χ2n) is 5.94. The van der Waals surface area contributed by atoms with Crippen molar-refractivity contribution in [1.82, 2.24) is 10.3 Å². The van der Waals surface area contributed by atoms with Gasteiger partial charge in [0, 0.05) is 31.5 Å². The van der Waals surface area contributed by atoms with Crippen molar-refractivity contribution in [2.45, 2.75) is 23.3 Å². The van der Waals surface area contributed by atoms with Crippen molar-refractivity contribution in [3.05, 3.63) is 68.6 Å². The Balaban J connectivity index is 1.56. The first-order valence-corrected chi connectivity index (χ1v) is 10.1. The van der Waals surface area contributed by atoms with E-state index in [1.807, 2.05) is 13.0 Å². The molecule has 2 N–H and O–H groups in total. The molecule has 27 heavy (non-hydrogen) atoms. The van der Waals surface area contributed by atoms with E-state index in [-0.39, 0.29) is 11.8 Å². The maximum absolute atomic E-state index is 12.5. The Bertz CT molecular complexity index is 1060. The monoisotopic (exact) mass is 415 g/mol. The van der Waals surface area contributed by atoms with E-state index in [1.54, 1.807) is 47.9 Å². The van der Waals surface area contributed by atoms with Gasteiger partial charge < -0.3 is 10.6 Å². The molecule has 0 spiro atoms. The van der Waals surface area contributed by atoms with Crippen LogP contribution in [0.1, 0.15) is 30.6 Å². The average Bonchev–Trinajstić information content (AvgIpc) is 3.00. The van der Waals surface area contributed by atoms with Crippen LogP contribution in [0.25, 0.3) is 0 Å². The Morgan fingerprint density at radius 2 is 2.07 bits per heavy atom. The lowest BCUT2D eigenvalue weighted by atomic mass is 10.1. The molecular formula is C19H14ClN3O2S2. The summed E-state index contributed by atoms with van der Waals surface area (Å²) in [7, 11) is 0. The maximum Gasteiger partial charge on any atom is 0.256 e. The van der Waals surface area contributed by atoms with Gasteiger partial charge in [0.05, 0.1) is 22.8 Å². The highest BCUT2D eigenvalue weighted by molar-refractivity contribution is 7.99. The molecule has 1 aliphatic rings. The highest BCUT2D eigenvalue weighted by Gasteiger charge is 2.21. The number of nitrogens with zero attached hydrogens (tertiary/aromatic N) is 1. The Kier molecular flexibility index (Phi) is 4.90. The van der Waals surface area contributed by atoms with Crippen LogP contribution < -0.4 is 10.6 Å². The minimum Gasteiger partial charge on any atom is -0.347 e. The summed E-state index contributed by atoms with van der Waals surface area (Å²) < 4.78 is 0. The van der Waals surface area contributed by atoms with Crippen LogP contribution in [0.4, 0.5) is 5.69 Å². The Morgan fingerprint density at radius 1 is 1.22 bits per heavy atom. The van der Waals surface area contributed by atoms with Crippen LogP contribution in [0.15, 0.2) is 52.4 Å². The predicted octanol–water partition coefficient (Wildman–Crippen LogP) is 4.75. The van der Waals surface area contributed by atoms with Gasteiger partial charge >= 0.3 is 0 Å². The van der Waals surface area contributed by atoms with Crippen molar-refractivity contribution in [3.63, 3.8) is 0 Å². The van der Waals surface area contributed by atoms with E-state index in [2.05, 4.69) is 15.6 Å². The topological polar surface area (TPSA) is 71.1 Å². The van der Waals surface area contributed by atoms with Crippen molar-refractivity contribution in [3.8, 4) is 0 Å². The number of aromatic nitrogens is 1. The molecule has 2 amide bonds. The normalized spacial score (nSPS) is 12.6. The molecule has 0 saturated carbocycles. The first-order chi connectivity index (χ1) is 13.0. The second-order valence-corrected chi connectivity index (χ2v) is 8.78. The fourth-order valence-corrected chi connectivity index (χ4v) is 4.71. The van der Waals surface area contributed by atoms with E-state index >= 15 is 0 Å². The first-order valence-electron chi connectivity index (χ1n) is 8.12. The molecule has 8 heteroatoms. The number of aryl methyl sites for hydroxylation is 1. The van der Waals surface area contributed by atoms with Gasteiger partial charge in [-0.25, -0.2) is 4.98 Å². The number of benzene rings is 2. The number of rotatable bonds is 3. The van der Waals surface area contributed by atoms with Gasteiger partial charge in [0.15, 0.2) is 0 Å². The molecule has 2 heterocycles. The number of nitrogens with one attached hydrogen (secondary N) is 2. The first kappa shape index (κ1) is 18.0. The smallest absolute Gasteiger partial charge is 0.256 e. The molecule has 1 aliphatic heterocycles. The van der Waals surface area contributed by atoms with Crippen molar-refractivity contribution in [1.29, 1.82) is 0 Å². The number of carbonyl (C=O) groups excluding carboxylic acids is 2. The van der Waals surface area contributed by atoms with Crippen molar-refractivity contribution in [2.75, 3.05) is 5.32 Å². The summed E-state index contributed by atoms with van der Waals surface area (Å²) in [4.78, 5) is 31.8. The molecule has 0 saturated heterocycles. The van der Waals surface area contributed by atoms with Crippen LogP contribution in [0.2, 0.25) is 5.02 Å². The number of amides is 2. The minimum atomic E-state index is -0.217. The number of hydrogen-bond donors (Lipinski definition) is 2. The molecule has 5 nitrogen and oxygen atoms in total. The lowest BCUT2D eigenvalue weighted by molar-refractivity contribution is 0.0949. The summed E-state index contributed by atoms with van der Waals surface area (Å²) in [6, 6.07) is 10.4. The molecule has 1 aromatic heterocycles. The fraction of sp³-hybridized carbons (Fsp3) is 0.105. The molecule has 0 bridgehead atoms. The summed E-state index contributed by atoms with van der Waals surface area (Å²) in [5, 5.41) is 7.30. The molecule has 4 rings (SSSR count). The van der Waals surface area contributed by atoms with E-state index in [1.165, 1.54) is 11.8 Å². The molecule has 0 atom stereocenters. The number of fused-ring (bicyclic) bond motifs is 2. The number of carbonyl (C=O) groups is 2. The summed E-state index contributed by atoms with van der Waals surface area (Å²) in [6.07, 6.45) is 1.76. The maximum atomic E-state index is 12.5. The predicted molar refractivity (Wildman–Crippen MR) is 108 cm³/mol. The van der Waals surface area contributed by atoms with Crippen LogP contribution in [0.5, 0.6) is 0 Å². The second kappa shape index (κ2) is 7.34. The van der Waals surface area contributed by atoms with E-state index in [9.17, 15) is 9.59 Å². The van der Waals surface area contributed by atoms with Crippen LogP contribution in [-0.4, -0.2) is 16.8 Å². The van der Waals surface area contributed by atoms with Gasteiger partial charge in [-0.05, 0) is 43.3 Å². The van der Waals surface area contributed by atoms with E-state index < -0.39 is 0 Å². The highest BCUT2D eigenvalue weighted by atomic mass is 35.5. The SMILES string of the molecule is Cc1ncc(CNC(=O)c2ccc3c(c2)NC(=O)c2ccc(Cl)cc2S3)s1. The number of hydrogen-bond acceptors (Lipinski definition) is 5. The van der Waals surface area contributed by atoms with Gasteiger partial charge in [-0.3, -0.25) is 9.59 Å². The van der Waals surface area contributed by atoms with Crippen molar-refractivity contribution < 1.29 is 9.59 Å². The average molecular weight is 416 g/mol. The van der Waals surface area contributed by atoms with Gasteiger partial charge in [0.25, 0.3) is 11.8 Å². The van der Waals surface area contributed by atoms with Crippen LogP contribution >= 0.6 is 34.7 Å². The molecule has 0 unspecified atom stereocenters. The highest BCUT2D eigenvalue weighted by Crippen LogP contribution is 2.40. The van der Waals surface area contributed by atoms with E-state index in [0.717, 1.165) is 19.7 Å². The Hall–Kier alpha value is -2.35. The lowest BCUT2D eigenvalue weighted by Gasteiger charge is -2.09. The standard InChI is InChI=1S/C19H14ClN3O2S2/c1-10-21-8-13(26-10)9-22-18(24)11-2-5-16-15(6-11)23-19(25)14-4-3-12(20)7-17(14)27-16/h2-8H,9H2,1H3,(H,22,24)(H,23,25). The van der Waals surface area contributed by atoms with Gasteiger partial charge in [-0.1, -0.05) is 23.4 Å². The lowest BCUT2D eigenvalue weighted by Crippen LogP contribution is -2.22. The van der Waals surface area contributed by atoms with Crippen LogP contribution in [0.3, 0.4) is 0 Å². The molecular weight excluding hydrogens is 402 g/mol. The molecule has 2 aromatic carbocycles. The quantitative estimate of drug-likeness (QED) is 0.647.